The minimum Gasteiger partial charge on any atom is -0.383 e. The second-order valence-corrected chi connectivity index (χ2v) is 4.20. The molecule has 0 unspecified atom stereocenters. The van der Waals surface area contributed by atoms with Crippen molar-refractivity contribution in [3.8, 4) is 0 Å². The number of hydrogen-bond donors (Lipinski definition) is 3. The van der Waals surface area contributed by atoms with Crippen LogP contribution in [0.5, 0.6) is 0 Å². The number of halogens is 3. The standard InChI is InChI=1S/C13H18F3N3O2/c1-21-8-7-17-5-6-18-12(20)19-11-4-2-3-10(9-11)13(14,15)16/h2-4,9,17H,5-8H2,1H3,(H2,18,19,20). The van der Waals surface area contributed by atoms with E-state index in [4.69, 9.17) is 4.74 Å². The Labute approximate surface area is 120 Å². The van der Waals surface area contributed by atoms with Crippen LogP contribution in [0.2, 0.25) is 0 Å². The molecule has 0 heterocycles. The van der Waals surface area contributed by atoms with Gasteiger partial charge in [-0.2, -0.15) is 13.2 Å². The third kappa shape index (κ3) is 6.96. The van der Waals surface area contributed by atoms with E-state index in [0.717, 1.165) is 12.1 Å². The average Bonchev–Trinajstić information content (AvgIpc) is 2.42. The monoisotopic (exact) mass is 305 g/mol. The van der Waals surface area contributed by atoms with E-state index in [2.05, 4.69) is 16.0 Å². The number of benzene rings is 1. The zero-order chi connectivity index (χ0) is 15.7. The largest absolute Gasteiger partial charge is 0.416 e. The molecule has 0 saturated carbocycles. The molecule has 0 aliphatic rings. The number of nitrogens with one attached hydrogen (secondary N) is 3. The topological polar surface area (TPSA) is 62.4 Å². The highest BCUT2D eigenvalue weighted by Gasteiger charge is 2.30. The lowest BCUT2D eigenvalue weighted by atomic mass is 10.2. The van der Waals surface area contributed by atoms with E-state index >= 15 is 0 Å². The van der Waals surface area contributed by atoms with Crippen LogP contribution in [-0.2, 0) is 10.9 Å². The van der Waals surface area contributed by atoms with Crippen molar-refractivity contribution in [1.82, 2.24) is 10.6 Å². The zero-order valence-corrected chi connectivity index (χ0v) is 11.6. The third-order valence-corrected chi connectivity index (χ3v) is 2.52. The number of carbonyl (C=O) groups excluding carboxylic acids is 1. The molecule has 0 radical (unpaired) electrons. The van der Waals surface area contributed by atoms with Crippen LogP contribution in [0.4, 0.5) is 23.7 Å². The Balaban J connectivity index is 2.35. The summed E-state index contributed by atoms with van der Waals surface area (Å²) in [6.45, 7) is 2.12. The summed E-state index contributed by atoms with van der Waals surface area (Å²) in [5.74, 6) is 0. The molecule has 0 aliphatic heterocycles. The Morgan fingerprint density at radius 1 is 1.24 bits per heavy atom. The number of carbonyl (C=O) groups is 1. The Kier molecular flexibility index (Phi) is 6.97. The van der Waals surface area contributed by atoms with Gasteiger partial charge in [0.1, 0.15) is 0 Å². The van der Waals surface area contributed by atoms with Crippen LogP contribution in [0.25, 0.3) is 0 Å². The summed E-state index contributed by atoms with van der Waals surface area (Å²) in [4.78, 5) is 11.5. The number of ether oxygens (including phenoxy) is 1. The van der Waals surface area contributed by atoms with Crippen molar-refractivity contribution >= 4 is 11.7 Å². The van der Waals surface area contributed by atoms with Crippen LogP contribution >= 0.6 is 0 Å². The predicted octanol–water partition coefficient (Wildman–Crippen LogP) is 2.06. The van der Waals surface area contributed by atoms with Crippen LogP contribution in [-0.4, -0.2) is 39.4 Å². The number of urea groups is 1. The first-order valence-corrected chi connectivity index (χ1v) is 6.35. The van der Waals surface area contributed by atoms with Crippen molar-refractivity contribution in [2.75, 3.05) is 38.7 Å². The highest BCUT2D eigenvalue weighted by Crippen LogP contribution is 2.30. The van der Waals surface area contributed by atoms with E-state index in [1.165, 1.54) is 12.1 Å². The highest BCUT2D eigenvalue weighted by atomic mass is 19.4. The average molecular weight is 305 g/mol. The molecule has 0 spiro atoms. The van der Waals surface area contributed by atoms with Gasteiger partial charge in [0.2, 0.25) is 0 Å². The van der Waals surface area contributed by atoms with Crippen LogP contribution in [0.15, 0.2) is 24.3 Å². The normalized spacial score (nSPS) is 11.2. The lowest BCUT2D eigenvalue weighted by Gasteiger charge is -2.11. The first-order chi connectivity index (χ1) is 9.93. The minimum atomic E-state index is -4.43. The van der Waals surface area contributed by atoms with E-state index in [1.807, 2.05) is 0 Å². The summed E-state index contributed by atoms with van der Waals surface area (Å²) in [6.07, 6.45) is -4.43. The molecule has 118 valence electrons. The van der Waals surface area contributed by atoms with Crippen molar-refractivity contribution in [3.05, 3.63) is 29.8 Å². The molecule has 0 saturated heterocycles. The van der Waals surface area contributed by atoms with Gasteiger partial charge in [-0.05, 0) is 18.2 Å². The van der Waals surface area contributed by atoms with Crippen molar-refractivity contribution in [1.29, 1.82) is 0 Å². The molecule has 21 heavy (non-hydrogen) atoms. The summed E-state index contributed by atoms with van der Waals surface area (Å²) in [5.41, 5.74) is -0.712. The van der Waals surface area contributed by atoms with Crippen LogP contribution in [0.3, 0.4) is 0 Å². The van der Waals surface area contributed by atoms with E-state index < -0.39 is 17.8 Å². The first-order valence-electron chi connectivity index (χ1n) is 6.35. The number of anilines is 1. The molecule has 1 aromatic carbocycles. The van der Waals surface area contributed by atoms with E-state index in [1.54, 1.807) is 7.11 Å². The number of rotatable bonds is 7. The van der Waals surface area contributed by atoms with Gasteiger partial charge in [0, 0.05) is 32.4 Å². The third-order valence-electron chi connectivity index (χ3n) is 2.52. The number of hydrogen-bond acceptors (Lipinski definition) is 3. The molecule has 1 rings (SSSR count). The molecular weight excluding hydrogens is 287 g/mol. The summed E-state index contributed by atoms with van der Waals surface area (Å²) >= 11 is 0. The summed E-state index contributed by atoms with van der Waals surface area (Å²) < 4.78 is 42.4. The summed E-state index contributed by atoms with van der Waals surface area (Å²) in [5, 5.41) is 7.90. The number of alkyl halides is 3. The quantitative estimate of drug-likeness (QED) is 0.676. The summed E-state index contributed by atoms with van der Waals surface area (Å²) in [7, 11) is 1.59. The molecule has 0 bridgehead atoms. The molecule has 0 aliphatic carbocycles. The number of amides is 2. The number of methoxy groups -OCH3 is 1. The second-order valence-electron chi connectivity index (χ2n) is 4.20. The molecule has 8 heteroatoms. The van der Waals surface area contributed by atoms with Crippen molar-refractivity contribution in [2.24, 2.45) is 0 Å². The molecule has 3 N–H and O–H groups in total. The smallest absolute Gasteiger partial charge is 0.383 e. The predicted molar refractivity (Wildman–Crippen MR) is 73.2 cm³/mol. The van der Waals surface area contributed by atoms with Gasteiger partial charge in [0.15, 0.2) is 0 Å². The van der Waals surface area contributed by atoms with Gasteiger partial charge in [-0.15, -0.1) is 0 Å². The van der Waals surface area contributed by atoms with Crippen molar-refractivity contribution in [3.63, 3.8) is 0 Å². The fourth-order valence-corrected chi connectivity index (χ4v) is 1.51. The lowest BCUT2D eigenvalue weighted by molar-refractivity contribution is -0.137. The molecular formula is C13H18F3N3O2. The molecule has 5 nitrogen and oxygen atoms in total. The minimum absolute atomic E-state index is 0.0923. The lowest BCUT2D eigenvalue weighted by Crippen LogP contribution is -2.35. The van der Waals surface area contributed by atoms with Gasteiger partial charge in [0.05, 0.1) is 12.2 Å². The van der Waals surface area contributed by atoms with Crippen molar-refractivity contribution in [2.45, 2.75) is 6.18 Å². The van der Waals surface area contributed by atoms with Gasteiger partial charge in [-0.3, -0.25) is 0 Å². The van der Waals surface area contributed by atoms with E-state index in [-0.39, 0.29) is 5.69 Å². The second kappa shape index (κ2) is 8.48. The molecule has 0 aromatic heterocycles. The van der Waals surface area contributed by atoms with Crippen LogP contribution in [0, 0.1) is 0 Å². The van der Waals surface area contributed by atoms with Crippen LogP contribution in [0.1, 0.15) is 5.56 Å². The first kappa shape index (κ1) is 17.3. The van der Waals surface area contributed by atoms with Crippen molar-refractivity contribution < 1.29 is 22.7 Å². The maximum Gasteiger partial charge on any atom is 0.416 e. The fraction of sp³-hybridized carbons (Fsp3) is 0.462. The zero-order valence-electron chi connectivity index (χ0n) is 11.6. The van der Waals surface area contributed by atoms with Gasteiger partial charge < -0.3 is 20.7 Å². The Hall–Kier alpha value is -1.80. The van der Waals surface area contributed by atoms with E-state index in [0.29, 0.717) is 26.2 Å². The molecule has 0 atom stereocenters. The molecule has 2 amide bonds. The van der Waals surface area contributed by atoms with E-state index in [9.17, 15) is 18.0 Å². The maximum absolute atomic E-state index is 12.5. The molecule has 0 fully saturated rings. The Bertz CT molecular complexity index is 453. The van der Waals surface area contributed by atoms with Crippen LogP contribution < -0.4 is 16.0 Å². The highest BCUT2D eigenvalue weighted by molar-refractivity contribution is 5.89. The van der Waals surface area contributed by atoms with Gasteiger partial charge in [-0.1, -0.05) is 6.07 Å². The Morgan fingerprint density at radius 3 is 2.67 bits per heavy atom. The fourth-order valence-electron chi connectivity index (χ4n) is 1.51. The van der Waals surface area contributed by atoms with Gasteiger partial charge in [0.25, 0.3) is 0 Å². The summed E-state index contributed by atoms with van der Waals surface area (Å²) in [6, 6.07) is 3.91. The Morgan fingerprint density at radius 2 is 2.00 bits per heavy atom. The SMILES string of the molecule is COCCNCCNC(=O)Nc1cccc(C(F)(F)F)c1. The molecule has 1 aromatic rings. The maximum atomic E-state index is 12.5. The van der Waals surface area contributed by atoms with Gasteiger partial charge >= 0.3 is 12.2 Å². The van der Waals surface area contributed by atoms with Gasteiger partial charge in [-0.25, -0.2) is 4.79 Å².